The minimum atomic E-state index is -0.498. The van der Waals surface area contributed by atoms with E-state index in [1.807, 2.05) is 12.1 Å². The van der Waals surface area contributed by atoms with Crippen LogP contribution in [0.4, 0.5) is 5.69 Å². The van der Waals surface area contributed by atoms with E-state index in [1.54, 1.807) is 18.2 Å². The number of rotatable bonds is 2. The first kappa shape index (κ1) is 10.3. The molecule has 0 saturated carbocycles. The molecule has 0 amide bonds. The summed E-state index contributed by atoms with van der Waals surface area (Å²) < 4.78 is 9.72. The van der Waals surface area contributed by atoms with Gasteiger partial charge in [-0.2, -0.15) is 0 Å². The molecule has 1 aromatic carbocycles. The smallest absolute Gasteiger partial charge is 0.374 e. The molecule has 0 aliphatic heterocycles. The molecule has 82 valence electrons. The lowest BCUT2D eigenvalue weighted by Gasteiger charge is -2.02. The summed E-state index contributed by atoms with van der Waals surface area (Å²) in [7, 11) is 1.31. The van der Waals surface area contributed by atoms with Crippen molar-refractivity contribution in [3.8, 4) is 11.1 Å². The highest BCUT2D eigenvalue weighted by molar-refractivity contribution is 5.94. The maximum absolute atomic E-state index is 11.4. The summed E-state index contributed by atoms with van der Waals surface area (Å²) >= 11 is 0. The van der Waals surface area contributed by atoms with Crippen molar-refractivity contribution in [3.05, 3.63) is 42.4 Å². The molecule has 0 aliphatic rings. The number of carbonyl (C=O) groups excluding carboxylic acids is 1. The van der Waals surface area contributed by atoms with Gasteiger partial charge in [0, 0.05) is 11.3 Å². The number of carbonyl (C=O) groups is 1. The minimum absolute atomic E-state index is 0.188. The zero-order chi connectivity index (χ0) is 11.5. The molecule has 2 N–H and O–H groups in total. The van der Waals surface area contributed by atoms with Gasteiger partial charge in [-0.25, -0.2) is 4.79 Å². The Labute approximate surface area is 92.6 Å². The van der Waals surface area contributed by atoms with Gasteiger partial charge in [0.25, 0.3) is 0 Å². The maximum Gasteiger partial charge on any atom is 0.374 e. The molecular weight excluding hydrogens is 206 g/mol. The predicted octanol–water partition coefficient (Wildman–Crippen LogP) is 2.32. The summed E-state index contributed by atoms with van der Waals surface area (Å²) in [6.07, 6.45) is 1.45. The highest BCUT2D eigenvalue weighted by Gasteiger charge is 2.16. The molecular formula is C12H11NO3. The third-order valence-corrected chi connectivity index (χ3v) is 2.23. The Morgan fingerprint density at radius 3 is 2.88 bits per heavy atom. The van der Waals surface area contributed by atoms with E-state index in [1.165, 1.54) is 13.4 Å². The van der Waals surface area contributed by atoms with Crippen molar-refractivity contribution in [1.29, 1.82) is 0 Å². The van der Waals surface area contributed by atoms with Gasteiger partial charge in [0.05, 0.1) is 13.4 Å². The molecule has 16 heavy (non-hydrogen) atoms. The molecule has 0 atom stereocenters. The maximum atomic E-state index is 11.4. The molecule has 0 unspecified atom stereocenters. The average Bonchev–Trinajstić information content (AvgIpc) is 2.77. The van der Waals surface area contributed by atoms with E-state index in [-0.39, 0.29) is 5.76 Å². The third kappa shape index (κ3) is 1.77. The van der Waals surface area contributed by atoms with Crippen molar-refractivity contribution in [1.82, 2.24) is 0 Å². The second-order valence-electron chi connectivity index (χ2n) is 3.28. The summed E-state index contributed by atoms with van der Waals surface area (Å²) in [5.74, 6) is -0.310. The van der Waals surface area contributed by atoms with Gasteiger partial charge in [-0.3, -0.25) is 0 Å². The van der Waals surface area contributed by atoms with E-state index in [0.717, 1.165) is 5.56 Å². The molecule has 0 spiro atoms. The molecule has 0 fully saturated rings. The lowest BCUT2D eigenvalue weighted by atomic mass is 10.1. The quantitative estimate of drug-likeness (QED) is 0.619. The van der Waals surface area contributed by atoms with Crippen LogP contribution >= 0.6 is 0 Å². The van der Waals surface area contributed by atoms with Crippen LogP contribution in [0.2, 0.25) is 0 Å². The topological polar surface area (TPSA) is 65.5 Å². The Bertz CT molecular complexity index is 516. The molecule has 4 heteroatoms. The summed E-state index contributed by atoms with van der Waals surface area (Å²) in [6, 6.07) is 8.94. The number of hydrogen-bond acceptors (Lipinski definition) is 4. The second-order valence-corrected chi connectivity index (χ2v) is 3.28. The van der Waals surface area contributed by atoms with Gasteiger partial charge in [-0.15, -0.1) is 0 Å². The predicted molar refractivity (Wildman–Crippen MR) is 59.9 cm³/mol. The number of benzene rings is 1. The normalized spacial score (nSPS) is 10.1. The zero-order valence-corrected chi connectivity index (χ0v) is 8.77. The Hall–Kier alpha value is -2.23. The van der Waals surface area contributed by atoms with Crippen molar-refractivity contribution in [2.24, 2.45) is 0 Å². The van der Waals surface area contributed by atoms with Crippen LogP contribution in [-0.2, 0) is 4.74 Å². The molecule has 1 aromatic heterocycles. The van der Waals surface area contributed by atoms with E-state index in [0.29, 0.717) is 11.3 Å². The first-order valence-electron chi connectivity index (χ1n) is 4.74. The largest absolute Gasteiger partial charge is 0.463 e. The minimum Gasteiger partial charge on any atom is -0.463 e. The number of furan rings is 1. The van der Waals surface area contributed by atoms with Crippen LogP contribution in [0.5, 0.6) is 0 Å². The molecule has 2 aromatic rings. The molecule has 0 radical (unpaired) electrons. The monoisotopic (exact) mass is 217 g/mol. The highest BCUT2D eigenvalue weighted by Crippen LogP contribution is 2.26. The van der Waals surface area contributed by atoms with Crippen LogP contribution in [0.1, 0.15) is 10.6 Å². The number of esters is 1. The zero-order valence-electron chi connectivity index (χ0n) is 8.77. The number of hydrogen-bond donors (Lipinski definition) is 1. The molecule has 0 aliphatic carbocycles. The molecule has 0 bridgehead atoms. The Morgan fingerprint density at radius 2 is 2.19 bits per heavy atom. The van der Waals surface area contributed by atoms with Gasteiger partial charge >= 0.3 is 5.97 Å². The number of methoxy groups -OCH3 is 1. The Balaban J connectivity index is 2.48. The van der Waals surface area contributed by atoms with E-state index in [4.69, 9.17) is 10.2 Å². The standard InChI is InChI=1S/C12H11NO3/c1-15-12(14)11-10(5-6-16-11)8-3-2-4-9(13)7-8/h2-7H,13H2,1H3. The van der Waals surface area contributed by atoms with Gasteiger partial charge in [-0.1, -0.05) is 12.1 Å². The lowest BCUT2D eigenvalue weighted by molar-refractivity contribution is 0.0566. The number of anilines is 1. The first-order chi connectivity index (χ1) is 7.72. The van der Waals surface area contributed by atoms with Gasteiger partial charge in [0.15, 0.2) is 0 Å². The Kier molecular flexibility index (Phi) is 2.64. The van der Waals surface area contributed by atoms with E-state index in [2.05, 4.69) is 4.74 Å². The number of nitrogen functional groups attached to an aromatic ring is 1. The fraction of sp³-hybridized carbons (Fsp3) is 0.0833. The fourth-order valence-electron chi connectivity index (χ4n) is 1.49. The van der Waals surface area contributed by atoms with Crippen LogP contribution < -0.4 is 5.73 Å². The lowest BCUT2D eigenvalue weighted by Crippen LogP contribution is -2.01. The van der Waals surface area contributed by atoms with Crippen LogP contribution in [0.3, 0.4) is 0 Å². The van der Waals surface area contributed by atoms with Gasteiger partial charge in [0.1, 0.15) is 0 Å². The van der Waals surface area contributed by atoms with Gasteiger partial charge in [0.2, 0.25) is 5.76 Å². The Morgan fingerprint density at radius 1 is 1.38 bits per heavy atom. The summed E-state index contributed by atoms with van der Waals surface area (Å²) in [4.78, 5) is 11.4. The van der Waals surface area contributed by atoms with Crippen LogP contribution in [0.15, 0.2) is 41.0 Å². The van der Waals surface area contributed by atoms with Gasteiger partial charge < -0.3 is 14.9 Å². The molecule has 0 saturated heterocycles. The van der Waals surface area contributed by atoms with Gasteiger partial charge in [-0.05, 0) is 23.8 Å². The number of nitrogens with two attached hydrogens (primary N) is 1. The van der Waals surface area contributed by atoms with E-state index in [9.17, 15) is 4.79 Å². The summed E-state index contributed by atoms with van der Waals surface area (Å²) in [6.45, 7) is 0. The van der Waals surface area contributed by atoms with E-state index >= 15 is 0 Å². The van der Waals surface area contributed by atoms with Crippen molar-refractivity contribution in [3.63, 3.8) is 0 Å². The average molecular weight is 217 g/mol. The van der Waals surface area contributed by atoms with Crippen molar-refractivity contribution in [2.45, 2.75) is 0 Å². The molecule has 2 rings (SSSR count). The third-order valence-electron chi connectivity index (χ3n) is 2.23. The van der Waals surface area contributed by atoms with Crippen LogP contribution in [0, 0.1) is 0 Å². The van der Waals surface area contributed by atoms with E-state index < -0.39 is 5.97 Å². The first-order valence-corrected chi connectivity index (χ1v) is 4.74. The van der Waals surface area contributed by atoms with Crippen molar-refractivity contribution in [2.75, 3.05) is 12.8 Å². The van der Waals surface area contributed by atoms with Crippen molar-refractivity contribution >= 4 is 11.7 Å². The SMILES string of the molecule is COC(=O)c1occc1-c1cccc(N)c1. The molecule has 4 nitrogen and oxygen atoms in total. The summed E-state index contributed by atoms with van der Waals surface area (Å²) in [5, 5.41) is 0. The second kappa shape index (κ2) is 4.10. The highest BCUT2D eigenvalue weighted by atomic mass is 16.5. The van der Waals surface area contributed by atoms with Crippen LogP contribution in [0.25, 0.3) is 11.1 Å². The number of ether oxygens (including phenoxy) is 1. The van der Waals surface area contributed by atoms with Crippen LogP contribution in [-0.4, -0.2) is 13.1 Å². The fourth-order valence-corrected chi connectivity index (χ4v) is 1.49. The summed E-state index contributed by atoms with van der Waals surface area (Å²) in [5.41, 5.74) is 7.82. The molecule has 1 heterocycles. The van der Waals surface area contributed by atoms with Crippen molar-refractivity contribution < 1.29 is 13.9 Å².